The second-order valence-electron chi connectivity index (χ2n) is 7.30. The van der Waals surface area contributed by atoms with E-state index in [0.717, 1.165) is 10.1 Å². The van der Waals surface area contributed by atoms with Crippen LogP contribution in [0.15, 0.2) is 46.0 Å². The smallest absolute Gasteiger partial charge is 0.332 e. The number of amides is 2. The van der Waals surface area contributed by atoms with E-state index in [2.05, 4.69) is 15.6 Å². The predicted molar refractivity (Wildman–Crippen MR) is 113 cm³/mol. The van der Waals surface area contributed by atoms with Crippen molar-refractivity contribution in [3.63, 3.8) is 0 Å². The lowest BCUT2D eigenvalue weighted by atomic mass is 10.1. The highest BCUT2D eigenvalue weighted by atomic mass is 16.2. The highest BCUT2D eigenvalue weighted by Crippen LogP contribution is 2.11. The minimum absolute atomic E-state index is 0.0670. The van der Waals surface area contributed by atoms with E-state index in [1.165, 1.54) is 30.8 Å². The molecule has 0 saturated heterocycles. The number of aromatic nitrogens is 3. The highest BCUT2D eigenvalue weighted by molar-refractivity contribution is 5.94. The van der Waals surface area contributed by atoms with E-state index in [0.29, 0.717) is 5.69 Å². The molecule has 2 aromatic heterocycles. The molecule has 0 spiro atoms. The number of rotatable bonds is 5. The molecule has 30 heavy (non-hydrogen) atoms. The molecule has 9 heteroatoms. The number of hydrogen-bond donors (Lipinski definition) is 2. The van der Waals surface area contributed by atoms with Gasteiger partial charge in [0.25, 0.3) is 11.5 Å². The molecule has 3 rings (SSSR count). The lowest BCUT2D eigenvalue weighted by molar-refractivity contribution is -0.118. The third kappa shape index (κ3) is 4.14. The van der Waals surface area contributed by atoms with Gasteiger partial charge in [-0.3, -0.25) is 23.5 Å². The van der Waals surface area contributed by atoms with Crippen LogP contribution in [0.3, 0.4) is 0 Å². The Morgan fingerprint density at radius 1 is 1.00 bits per heavy atom. The lowest BCUT2D eigenvalue weighted by Gasteiger charge is -2.10. The molecule has 3 aromatic rings. The summed E-state index contributed by atoms with van der Waals surface area (Å²) in [5, 5.41) is 5.82. The molecule has 2 N–H and O–H groups in total. The molecule has 2 heterocycles. The van der Waals surface area contributed by atoms with Gasteiger partial charge < -0.3 is 10.6 Å². The number of aryl methyl sites for hydroxylation is 1. The average molecular weight is 409 g/mol. The zero-order valence-corrected chi connectivity index (χ0v) is 17.2. The van der Waals surface area contributed by atoms with Gasteiger partial charge in [0.1, 0.15) is 11.3 Å². The molecule has 0 aliphatic rings. The first-order chi connectivity index (χ1) is 14.2. The molecule has 0 saturated carbocycles. The fourth-order valence-electron chi connectivity index (χ4n) is 2.85. The Kier molecular flexibility index (Phi) is 5.81. The molecular formula is C21H23N5O4. The molecule has 0 atom stereocenters. The Morgan fingerprint density at radius 3 is 2.30 bits per heavy atom. The van der Waals surface area contributed by atoms with Crippen LogP contribution >= 0.6 is 0 Å². The van der Waals surface area contributed by atoms with Crippen LogP contribution in [0, 0.1) is 5.92 Å². The summed E-state index contributed by atoms with van der Waals surface area (Å²) >= 11 is 0. The van der Waals surface area contributed by atoms with E-state index >= 15 is 0 Å². The van der Waals surface area contributed by atoms with E-state index in [-0.39, 0.29) is 35.1 Å². The first-order valence-electron chi connectivity index (χ1n) is 9.44. The third-order valence-corrected chi connectivity index (χ3v) is 4.73. The van der Waals surface area contributed by atoms with Crippen molar-refractivity contribution in [1.29, 1.82) is 0 Å². The Bertz CT molecular complexity index is 1240. The Balaban J connectivity index is 1.74. The fraction of sp³-hybridized carbons (Fsp3) is 0.286. The summed E-state index contributed by atoms with van der Waals surface area (Å²) in [7, 11) is 2.89. The first-order valence-corrected chi connectivity index (χ1v) is 9.44. The van der Waals surface area contributed by atoms with Crippen molar-refractivity contribution in [3.8, 4) is 0 Å². The zero-order valence-electron chi connectivity index (χ0n) is 17.2. The summed E-state index contributed by atoms with van der Waals surface area (Å²) in [5.74, 6) is -0.608. The van der Waals surface area contributed by atoms with Crippen molar-refractivity contribution in [3.05, 3.63) is 68.5 Å². The second kappa shape index (κ2) is 8.32. The van der Waals surface area contributed by atoms with Gasteiger partial charge in [0, 0.05) is 32.2 Å². The van der Waals surface area contributed by atoms with Gasteiger partial charge in [-0.05, 0) is 29.8 Å². The molecule has 0 bridgehead atoms. The molecule has 0 radical (unpaired) electrons. The van der Waals surface area contributed by atoms with E-state index in [4.69, 9.17) is 0 Å². The summed E-state index contributed by atoms with van der Waals surface area (Å²) < 4.78 is 2.23. The monoisotopic (exact) mass is 409 g/mol. The van der Waals surface area contributed by atoms with Gasteiger partial charge in [-0.2, -0.15) is 0 Å². The largest absolute Gasteiger partial charge is 0.347 e. The molecular weight excluding hydrogens is 386 g/mol. The quantitative estimate of drug-likeness (QED) is 0.656. The Morgan fingerprint density at radius 2 is 1.67 bits per heavy atom. The topological polar surface area (TPSA) is 115 Å². The number of anilines is 1. The van der Waals surface area contributed by atoms with Crippen LogP contribution in [-0.2, 0) is 25.4 Å². The summed E-state index contributed by atoms with van der Waals surface area (Å²) in [4.78, 5) is 52.7. The van der Waals surface area contributed by atoms with E-state index < -0.39 is 17.2 Å². The average Bonchev–Trinajstić information content (AvgIpc) is 2.74. The van der Waals surface area contributed by atoms with Crippen molar-refractivity contribution in [2.24, 2.45) is 20.0 Å². The van der Waals surface area contributed by atoms with Crippen molar-refractivity contribution in [2.45, 2.75) is 20.4 Å². The molecule has 1 aromatic carbocycles. The number of carbonyl (C=O) groups excluding carboxylic acids is 2. The molecule has 9 nitrogen and oxygen atoms in total. The number of nitrogens with one attached hydrogen (secondary N) is 2. The summed E-state index contributed by atoms with van der Waals surface area (Å²) in [6, 6.07) is 10.1. The summed E-state index contributed by atoms with van der Waals surface area (Å²) in [6.45, 7) is 3.89. The maximum absolute atomic E-state index is 12.5. The van der Waals surface area contributed by atoms with Crippen LogP contribution in [0.1, 0.15) is 29.9 Å². The molecule has 0 aliphatic carbocycles. The van der Waals surface area contributed by atoms with Gasteiger partial charge in [0.05, 0.1) is 5.39 Å². The predicted octanol–water partition coefficient (Wildman–Crippen LogP) is 1.16. The van der Waals surface area contributed by atoms with E-state index in [1.807, 2.05) is 13.8 Å². The number of carbonyl (C=O) groups is 2. The first kappa shape index (κ1) is 21.0. The number of pyridine rings is 1. The van der Waals surface area contributed by atoms with Gasteiger partial charge in [-0.25, -0.2) is 9.78 Å². The normalized spacial score (nSPS) is 11.0. The van der Waals surface area contributed by atoms with Crippen molar-refractivity contribution < 1.29 is 9.59 Å². The van der Waals surface area contributed by atoms with Gasteiger partial charge in [-0.15, -0.1) is 0 Å². The second-order valence-corrected chi connectivity index (χ2v) is 7.30. The maximum atomic E-state index is 12.5. The van der Waals surface area contributed by atoms with E-state index in [9.17, 15) is 19.2 Å². The van der Waals surface area contributed by atoms with E-state index in [1.54, 1.807) is 24.3 Å². The standard InChI is InChI=1S/C21H23N5O4/c1-12(2)18(27)23-14-7-5-13(6-8-14)11-22-19(28)16-10-9-15-17(24-16)25(3)21(30)26(4)20(15)29/h5-10,12H,11H2,1-4H3,(H,22,28)(H,23,27). The minimum Gasteiger partial charge on any atom is -0.347 e. The van der Waals surface area contributed by atoms with Crippen molar-refractivity contribution >= 4 is 28.5 Å². The zero-order chi connectivity index (χ0) is 22.0. The number of benzene rings is 1. The SMILES string of the molecule is CC(C)C(=O)Nc1ccc(CNC(=O)c2ccc3c(=O)n(C)c(=O)n(C)c3n2)cc1. The Hall–Kier alpha value is -3.75. The van der Waals surface area contributed by atoms with Gasteiger partial charge in [-0.1, -0.05) is 26.0 Å². The van der Waals surface area contributed by atoms with Crippen molar-refractivity contribution in [2.75, 3.05) is 5.32 Å². The fourth-order valence-corrected chi connectivity index (χ4v) is 2.85. The van der Waals surface area contributed by atoms with Gasteiger partial charge in [0.15, 0.2) is 0 Å². The molecule has 0 aliphatic heterocycles. The number of nitrogens with zero attached hydrogens (tertiary/aromatic N) is 3. The molecule has 0 unspecified atom stereocenters. The lowest BCUT2D eigenvalue weighted by Crippen LogP contribution is -2.37. The van der Waals surface area contributed by atoms with Crippen LogP contribution in [-0.4, -0.2) is 25.9 Å². The van der Waals surface area contributed by atoms with Crippen molar-refractivity contribution in [1.82, 2.24) is 19.4 Å². The molecule has 156 valence electrons. The highest BCUT2D eigenvalue weighted by Gasteiger charge is 2.14. The number of fused-ring (bicyclic) bond motifs is 1. The molecule has 2 amide bonds. The van der Waals surface area contributed by atoms with Gasteiger partial charge in [0.2, 0.25) is 5.91 Å². The van der Waals surface area contributed by atoms with Crippen LogP contribution in [0.2, 0.25) is 0 Å². The summed E-state index contributed by atoms with van der Waals surface area (Å²) in [5.41, 5.74) is 0.808. The summed E-state index contributed by atoms with van der Waals surface area (Å²) in [6.07, 6.45) is 0. The maximum Gasteiger partial charge on any atom is 0.332 e. The van der Waals surface area contributed by atoms with Crippen LogP contribution < -0.4 is 21.9 Å². The molecule has 0 fully saturated rings. The van der Waals surface area contributed by atoms with Crippen LogP contribution in [0.5, 0.6) is 0 Å². The van der Waals surface area contributed by atoms with Crippen LogP contribution in [0.25, 0.3) is 11.0 Å². The van der Waals surface area contributed by atoms with Crippen LogP contribution in [0.4, 0.5) is 5.69 Å². The van der Waals surface area contributed by atoms with Gasteiger partial charge >= 0.3 is 5.69 Å². The number of hydrogen-bond acceptors (Lipinski definition) is 5. The Labute approximate surface area is 172 Å². The minimum atomic E-state index is -0.512. The third-order valence-electron chi connectivity index (χ3n) is 4.73.